The van der Waals surface area contributed by atoms with E-state index in [2.05, 4.69) is 0 Å². The van der Waals surface area contributed by atoms with E-state index in [9.17, 15) is 9.59 Å². The maximum atomic E-state index is 11.5. The molecule has 3 nitrogen and oxygen atoms in total. The van der Waals surface area contributed by atoms with Gasteiger partial charge in [0, 0.05) is 0 Å². The van der Waals surface area contributed by atoms with Crippen molar-refractivity contribution in [2.24, 2.45) is 17.3 Å². The summed E-state index contributed by atoms with van der Waals surface area (Å²) in [5.41, 5.74) is -0.780. The molecule has 2 bridgehead atoms. The van der Waals surface area contributed by atoms with Crippen LogP contribution in [0.3, 0.4) is 0 Å². The first-order chi connectivity index (χ1) is 6.23. The van der Waals surface area contributed by atoms with Gasteiger partial charge in [0.2, 0.25) is 0 Å². The van der Waals surface area contributed by atoms with Crippen molar-refractivity contribution in [3.05, 3.63) is 0 Å². The maximum absolute atomic E-state index is 11.5. The molecule has 3 heteroatoms. The number of esters is 1. The minimum absolute atomic E-state index is 0.252. The fourth-order valence-corrected chi connectivity index (χ4v) is 3.01. The van der Waals surface area contributed by atoms with Crippen molar-refractivity contribution in [2.75, 3.05) is 7.11 Å². The molecule has 2 aliphatic carbocycles. The summed E-state index contributed by atoms with van der Waals surface area (Å²) in [6.07, 6.45) is 4.76. The Morgan fingerprint density at radius 3 is 2.69 bits per heavy atom. The quantitative estimate of drug-likeness (QED) is 0.365. The highest BCUT2D eigenvalue weighted by Crippen LogP contribution is 2.55. The Labute approximate surface area is 77.4 Å². The summed E-state index contributed by atoms with van der Waals surface area (Å²) in [6, 6.07) is 0. The number of carbonyl (C=O) groups is 2. The monoisotopic (exact) mass is 182 g/mol. The minimum atomic E-state index is -0.780. The standard InChI is InChI=1S/C10H14O3/c1-13-9(12)10(6-11)5-7-2-3-8(10)4-7/h6-8H,2-5H2,1H3. The van der Waals surface area contributed by atoms with Gasteiger partial charge in [-0.1, -0.05) is 6.42 Å². The molecule has 2 fully saturated rings. The van der Waals surface area contributed by atoms with Gasteiger partial charge in [-0.3, -0.25) is 4.79 Å². The van der Waals surface area contributed by atoms with E-state index in [1.165, 1.54) is 13.5 Å². The molecule has 3 unspecified atom stereocenters. The molecular formula is C10H14O3. The van der Waals surface area contributed by atoms with Crippen molar-refractivity contribution in [1.82, 2.24) is 0 Å². The molecule has 0 radical (unpaired) electrons. The average Bonchev–Trinajstić information content (AvgIpc) is 2.75. The van der Waals surface area contributed by atoms with Gasteiger partial charge in [0.05, 0.1) is 7.11 Å². The van der Waals surface area contributed by atoms with Gasteiger partial charge in [0.1, 0.15) is 11.7 Å². The van der Waals surface area contributed by atoms with Crippen molar-refractivity contribution in [3.63, 3.8) is 0 Å². The molecule has 0 aliphatic heterocycles. The topological polar surface area (TPSA) is 43.4 Å². The van der Waals surface area contributed by atoms with Gasteiger partial charge in [-0.15, -0.1) is 0 Å². The fraction of sp³-hybridized carbons (Fsp3) is 0.800. The number of fused-ring (bicyclic) bond motifs is 2. The Kier molecular flexibility index (Phi) is 1.90. The summed E-state index contributed by atoms with van der Waals surface area (Å²) >= 11 is 0. The molecule has 0 saturated heterocycles. The summed E-state index contributed by atoms with van der Waals surface area (Å²) in [5.74, 6) is 0.506. The molecule has 2 aliphatic rings. The molecule has 0 amide bonds. The molecule has 0 aromatic rings. The molecule has 0 aromatic carbocycles. The number of carbonyl (C=O) groups excluding carboxylic acids is 2. The smallest absolute Gasteiger partial charge is 0.319 e. The van der Waals surface area contributed by atoms with Crippen LogP contribution in [-0.4, -0.2) is 19.4 Å². The van der Waals surface area contributed by atoms with Gasteiger partial charge >= 0.3 is 5.97 Å². The Morgan fingerprint density at radius 2 is 2.31 bits per heavy atom. The van der Waals surface area contributed by atoms with Gasteiger partial charge in [-0.05, 0) is 31.1 Å². The van der Waals surface area contributed by atoms with Crippen LogP contribution in [0.2, 0.25) is 0 Å². The third kappa shape index (κ3) is 1.02. The van der Waals surface area contributed by atoms with Crippen LogP contribution in [0, 0.1) is 17.3 Å². The van der Waals surface area contributed by atoms with Crippen LogP contribution >= 0.6 is 0 Å². The fourth-order valence-electron chi connectivity index (χ4n) is 3.01. The summed E-state index contributed by atoms with van der Waals surface area (Å²) < 4.78 is 4.71. The highest BCUT2D eigenvalue weighted by Gasteiger charge is 2.56. The van der Waals surface area contributed by atoms with Crippen LogP contribution in [0.25, 0.3) is 0 Å². The van der Waals surface area contributed by atoms with Gasteiger partial charge in [0.25, 0.3) is 0 Å². The Morgan fingerprint density at radius 1 is 1.54 bits per heavy atom. The van der Waals surface area contributed by atoms with E-state index < -0.39 is 5.41 Å². The van der Waals surface area contributed by atoms with E-state index in [-0.39, 0.29) is 11.9 Å². The highest BCUT2D eigenvalue weighted by atomic mass is 16.5. The van der Waals surface area contributed by atoms with E-state index in [1.54, 1.807) is 0 Å². The van der Waals surface area contributed by atoms with E-state index in [0.717, 1.165) is 19.1 Å². The van der Waals surface area contributed by atoms with Crippen LogP contribution in [0.4, 0.5) is 0 Å². The molecule has 0 N–H and O–H groups in total. The molecule has 2 rings (SSSR count). The lowest BCUT2D eigenvalue weighted by molar-refractivity contribution is -0.158. The lowest BCUT2D eigenvalue weighted by Gasteiger charge is -2.28. The van der Waals surface area contributed by atoms with Crippen LogP contribution in [0.15, 0.2) is 0 Å². The predicted octanol–water partition coefficient (Wildman–Crippen LogP) is 1.16. The second kappa shape index (κ2) is 2.82. The predicted molar refractivity (Wildman–Crippen MR) is 46.0 cm³/mol. The largest absolute Gasteiger partial charge is 0.468 e. The maximum Gasteiger partial charge on any atom is 0.319 e. The molecule has 0 aromatic heterocycles. The average molecular weight is 182 g/mol. The number of ether oxygens (including phenoxy) is 1. The number of aldehydes is 1. The zero-order chi connectivity index (χ0) is 9.47. The molecule has 13 heavy (non-hydrogen) atoms. The van der Waals surface area contributed by atoms with E-state index >= 15 is 0 Å². The van der Waals surface area contributed by atoms with Crippen LogP contribution in [0.1, 0.15) is 25.7 Å². The Balaban J connectivity index is 2.26. The van der Waals surface area contributed by atoms with E-state index in [4.69, 9.17) is 4.74 Å². The second-order valence-corrected chi connectivity index (χ2v) is 4.23. The zero-order valence-corrected chi connectivity index (χ0v) is 7.79. The lowest BCUT2D eigenvalue weighted by Crippen LogP contribution is -2.38. The minimum Gasteiger partial charge on any atom is -0.468 e. The van der Waals surface area contributed by atoms with Gasteiger partial charge in [0.15, 0.2) is 0 Å². The molecule has 3 atom stereocenters. The third-order valence-electron chi connectivity index (χ3n) is 3.67. The number of rotatable bonds is 2. The molecular weight excluding hydrogens is 168 g/mol. The molecule has 2 saturated carbocycles. The number of methoxy groups -OCH3 is 1. The van der Waals surface area contributed by atoms with Crippen LogP contribution in [0.5, 0.6) is 0 Å². The first-order valence-corrected chi connectivity index (χ1v) is 4.77. The highest BCUT2D eigenvalue weighted by molar-refractivity contribution is 5.94. The van der Waals surface area contributed by atoms with E-state index in [0.29, 0.717) is 12.3 Å². The lowest BCUT2D eigenvalue weighted by atomic mass is 9.74. The van der Waals surface area contributed by atoms with Crippen LogP contribution in [-0.2, 0) is 14.3 Å². The summed E-state index contributed by atoms with van der Waals surface area (Å²) in [5, 5.41) is 0. The second-order valence-electron chi connectivity index (χ2n) is 4.23. The summed E-state index contributed by atoms with van der Waals surface area (Å²) in [6.45, 7) is 0. The first-order valence-electron chi connectivity index (χ1n) is 4.77. The summed E-state index contributed by atoms with van der Waals surface area (Å²) in [4.78, 5) is 22.5. The van der Waals surface area contributed by atoms with E-state index in [1.807, 2.05) is 0 Å². The Hall–Kier alpha value is -0.860. The van der Waals surface area contributed by atoms with Crippen LogP contribution < -0.4 is 0 Å². The van der Waals surface area contributed by atoms with Crippen molar-refractivity contribution in [3.8, 4) is 0 Å². The van der Waals surface area contributed by atoms with Crippen molar-refractivity contribution in [1.29, 1.82) is 0 Å². The normalized spacial score (nSPS) is 41.9. The number of hydrogen-bond donors (Lipinski definition) is 0. The van der Waals surface area contributed by atoms with Gasteiger partial charge in [-0.25, -0.2) is 0 Å². The SMILES string of the molecule is COC(=O)C1(C=O)CC2CCC1C2. The summed E-state index contributed by atoms with van der Waals surface area (Å²) in [7, 11) is 1.36. The Bertz CT molecular complexity index is 249. The molecule has 0 heterocycles. The van der Waals surface area contributed by atoms with Gasteiger partial charge in [-0.2, -0.15) is 0 Å². The zero-order valence-electron chi connectivity index (χ0n) is 7.79. The van der Waals surface area contributed by atoms with Crippen molar-refractivity contribution in [2.45, 2.75) is 25.7 Å². The van der Waals surface area contributed by atoms with Gasteiger partial charge < -0.3 is 9.53 Å². The molecule has 0 spiro atoms. The number of hydrogen-bond acceptors (Lipinski definition) is 3. The third-order valence-corrected chi connectivity index (χ3v) is 3.67. The van der Waals surface area contributed by atoms with Crippen molar-refractivity contribution >= 4 is 12.3 Å². The molecule has 72 valence electrons. The first kappa shape index (κ1) is 8.73. The van der Waals surface area contributed by atoms with Crippen molar-refractivity contribution < 1.29 is 14.3 Å².